The number of pyridine rings is 1. The van der Waals surface area contributed by atoms with Gasteiger partial charge in [0.2, 0.25) is 11.7 Å². The van der Waals surface area contributed by atoms with Gasteiger partial charge >= 0.3 is 0 Å². The van der Waals surface area contributed by atoms with Gasteiger partial charge in [0, 0.05) is 12.2 Å². The van der Waals surface area contributed by atoms with E-state index >= 15 is 0 Å². The molecule has 106 valence electrons. The number of nitrogens with zero attached hydrogens (tertiary/aromatic N) is 3. The minimum absolute atomic E-state index is 0.0787. The summed E-state index contributed by atoms with van der Waals surface area (Å²) in [5.41, 5.74) is 7.93. The predicted molar refractivity (Wildman–Crippen MR) is 76.1 cm³/mol. The van der Waals surface area contributed by atoms with E-state index < -0.39 is 0 Å². The molecule has 2 aromatic heterocycles. The van der Waals surface area contributed by atoms with E-state index in [-0.39, 0.29) is 11.5 Å². The summed E-state index contributed by atoms with van der Waals surface area (Å²) in [6.07, 6.45) is 6.10. The van der Waals surface area contributed by atoms with Crippen molar-refractivity contribution in [1.82, 2.24) is 15.1 Å². The Bertz CT molecular complexity index is 609. The zero-order valence-corrected chi connectivity index (χ0v) is 12.0. The Kier molecular flexibility index (Phi) is 3.30. The molecule has 1 aliphatic carbocycles. The first-order valence-electron chi connectivity index (χ1n) is 7.12. The van der Waals surface area contributed by atoms with Gasteiger partial charge in [0.1, 0.15) is 5.69 Å². The van der Waals surface area contributed by atoms with Crippen LogP contribution in [0.1, 0.15) is 44.1 Å². The molecule has 0 aromatic carbocycles. The first kappa shape index (κ1) is 13.2. The number of aromatic nitrogens is 3. The summed E-state index contributed by atoms with van der Waals surface area (Å²) in [5.74, 6) is 1.19. The van der Waals surface area contributed by atoms with E-state index in [1.54, 1.807) is 6.20 Å². The third-order valence-electron chi connectivity index (χ3n) is 4.34. The summed E-state index contributed by atoms with van der Waals surface area (Å²) in [7, 11) is 0. The van der Waals surface area contributed by atoms with Crippen LogP contribution in [0.4, 0.5) is 0 Å². The Morgan fingerprint density at radius 2 is 2.25 bits per heavy atom. The van der Waals surface area contributed by atoms with Crippen molar-refractivity contribution < 1.29 is 4.52 Å². The van der Waals surface area contributed by atoms with E-state index in [0.717, 1.165) is 30.5 Å². The van der Waals surface area contributed by atoms with E-state index in [1.165, 1.54) is 6.42 Å². The van der Waals surface area contributed by atoms with E-state index in [4.69, 9.17) is 10.3 Å². The van der Waals surface area contributed by atoms with Gasteiger partial charge in [-0.25, -0.2) is 0 Å². The summed E-state index contributed by atoms with van der Waals surface area (Å²) < 4.78 is 5.49. The lowest BCUT2D eigenvalue weighted by atomic mass is 9.72. The Labute approximate surface area is 118 Å². The Hall–Kier alpha value is -1.75. The van der Waals surface area contributed by atoms with E-state index in [0.29, 0.717) is 11.7 Å². The molecule has 2 atom stereocenters. The van der Waals surface area contributed by atoms with Crippen molar-refractivity contribution in [3.05, 3.63) is 29.8 Å². The van der Waals surface area contributed by atoms with Crippen molar-refractivity contribution in [2.24, 2.45) is 5.73 Å². The van der Waals surface area contributed by atoms with Crippen molar-refractivity contribution >= 4 is 0 Å². The minimum atomic E-state index is -0.215. The Morgan fingerprint density at radius 3 is 3.00 bits per heavy atom. The average molecular weight is 272 g/mol. The second-order valence-corrected chi connectivity index (χ2v) is 5.91. The van der Waals surface area contributed by atoms with E-state index in [1.807, 2.05) is 19.1 Å². The van der Waals surface area contributed by atoms with Crippen LogP contribution in [0.15, 0.2) is 22.9 Å². The molecule has 0 amide bonds. The summed E-state index contributed by atoms with van der Waals surface area (Å²) in [6.45, 7) is 4.14. The fourth-order valence-corrected chi connectivity index (χ4v) is 2.84. The highest BCUT2D eigenvalue weighted by Gasteiger charge is 2.40. The zero-order chi connectivity index (χ0) is 14.2. The van der Waals surface area contributed by atoms with Crippen LogP contribution in [0, 0.1) is 6.92 Å². The van der Waals surface area contributed by atoms with E-state index in [9.17, 15) is 0 Å². The summed E-state index contributed by atoms with van der Waals surface area (Å²) >= 11 is 0. The van der Waals surface area contributed by atoms with Crippen LogP contribution in [0.25, 0.3) is 11.5 Å². The Morgan fingerprint density at radius 1 is 1.40 bits per heavy atom. The van der Waals surface area contributed by atoms with Crippen LogP contribution in [0.3, 0.4) is 0 Å². The van der Waals surface area contributed by atoms with Crippen molar-refractivity contribution in [3.8, 4) is 11.5 Å². The second-order valence-electron chi connectivity index (χ2n) is 5.91. The number of hydrogen-bond donors (Lipinski definition) is 1. The molecule has 0 radical (unpaired) electrons. The number of aryl methyl sites for hydroxylation is 1. The van der Waals surface area contributed by atoms with Gasteiger partial charge in [0.25, 0.3) is 0 Å². The smallest absolute Gasteiger partial charge is 0.234 e. The maximum absolute atomic E-state index is 6.27. The average Bonchev–Trinajstić information content (AvgIpc) is 2.93. The lowest BCUT2D eigenvalue weighted by Crippen LogP contribution is -2.45. The molecule has 0 bridgehead atoms. The third-order valence-corrected chi connectivity index (χ3v) is 4.34. The maximum Gasteiger partial charge on any atom is 0.234 e. The van der Waals surface area contributed by atoms with Gasteiger partial charge in [0.05, 0.1) is 5.41 Å². The number of hydrogen-bond acceptors (Lipinski definition) is 5. The normalized spacial score (nSPS) is 26.6. The molecule has 2 N–H and O–H groups in total. The first-order chi connectivity index (χ1) is 9.59. The SMILES string of the molecule is Cc1ccnc(-c2noc(C3(C)CCCCC3N)n2)c1. The fraction of sp³-hybridized carbons (Fsp3) is 0.533. The van der Waals surface area contributed by atoms with Crippen LogP contribution in [-0.4, -0.2) is 21.2 Å². The number of nitrogens with two attached hydrogens (primary N) is 1. The molecule has 3 rings (SSSR count). The largest absolute Gasteiger partial charge is 0.338 e. The molecule has 2 aromatic rings. The van der Waals surface area contributed by atoms with Crippen LogP contribution < -0.4 is 5.73 Å². The molecule has 20 heavy (non-hydrogen) atoms. The van der Waals surface area contributed by atoms with Gasteiger partial charge < -0.3 is 10.3 Å². The van der Waals surface area contributed by atoms with Crippen molar-refractivity contribution in [2.75, 3.05) is 0 Å². The molecule has 2 unspecified atom stereocenters. The van der Waals surface area contributed by atoms with Crippen LogP contribution in [0.5, 0.6) is 0 Å². The molecule has 5 nitrogen and oxygen atoms in total. The van der Waals surface area contributed by atoms with Crippen LogP contribution in [-0.2, 0) is 5.41 Å². The monoisotopic (exact) mass is 272 g/mol. The van der Waals surface area contributed by atoms with Gasteiger partial charge in [-0.2, -0.15) is 4.98 Å². The molecule has 1 saturated carbocycles. The van der Waals surface area contributed by atoms with E-state index in [2.05, 4.69) is 22.0 Å². The van der Waals surface area contributed by atoms with Crippen molar-refractivity contribution in [2.45, 2.75) is 51.0 Å². The van der Waals surface area contributed by atoms with Gasteiger partial charge in [-0.3, -0.25) is 4.98 Å². The lowest BCUT2D eigenvalue weighted by molar-refractivity contribution is 0.203. The molecule has 1 fully saturated rings. The highest BCUT2D eigenvalue weighted by Crippen LogP contribution is 2.37. The van der Waals surface area contributed by atoms with Gasteiger partial charge in [-0.1, -0.05) is 18.0 Å². The third kappa shape index (κ3) is 2.22. The Balaban J connectivity index is 1.94. The molecule has 0 spiro atoms. The molecule has 0 aliphatic heterocycles. The van der Waals surface area contributed by atoms with Gasteiger partial charge in [-0.15, -0.1) is 0 Å². The number of rotatable bonds is 2. The highest BCUT2D eigenvalue weighted by molar-refractivity contribution is 5.49. The summed E-state index contributed by atoms with van der Waals surface area (Å²) in [5, 5.41) is 4.08. The maximum atomic E-state index is 6.27. The summed E-state index contributed by atoms with van der Waals surface area (Å²) in [6, 6.07) is 3.98. The second kappa shape index (κ2) is 4.98. The minimum Gasteiger partial charge on any atom is -0.338 e. The molecule has 1 aliphatic rings. The summed E-state index contributed by atoms with van der Waals surface area (Å²) in [4.78, 5) is 8.84. The molecule has 0 saturated heterocycles. The van der Waals surface area contributed by atoms with Crippen molar-refractivity contribution in [1.29, 1.82) is 0 Å². The molecular weight excluding hydrogens is 252 g/mol. The lowest BCUT2D eigenvalue weighted by Gasteiger charge is -2.35. The first-order valence-corrected chi connectivity index (χ1v) is 7.12. The standard InChI is InChI=1S/C15H20N4O/c1-10-6-8-17-11(9-10)13-18-14(20-19-13)15(2)7-4-3-5-12(15)16/h6,8-9,12H,3-5,7,16H2,1-2H3. The zero-order valence-electron chi connectivity index (χ0n) is 12.0. The predicted octanol–water partition coefficient (Wildman–Crippen LogP) is 2.60. The van der Waals surface area contributed by atoms with Crippen molar-refractivity contribution in [3.63, 3.8) is 0 Å². The molecule has 5 heteroatoms. The fourth-order valence-electron chi connectivity index (χ4n) is 2.84. The molecular formula is C15H20N4O. The highest BCUT2D eigenvalue weighted by atomic mass is 16.5. The van der Waals surface area contributed by atoms with Crippen LogP contribution in [0.2, 0.25) is 0 Å². The topological polar surface area (TPSA) is 77.8 Å². The van der Waals surface area contributed by atoms with Gasteiger partial charge in [0.15, 0.2) is 0 Å². The van der Waals surface area contributed by atoms with Crippen LogP contribution >= 0.6 is 0 Å². The quantitative estimate of drug-likeness (QED) is 0.909. The molecule has 2 heterocycles. The van der Waals surface area contributed by atoms with Gasteiger partial charge in [-0.05, 0) is 44.4 Å².